The number of aromatic nitrogens is 2. The van der Waals surface area contributed by atoms with Crippen molar-refractivity contribution in [1.29, 1.82) is 0 Å². The van der Waals surface area contributed by atoms with E-state index in [0.717, 1.165) is 29.7 Å². The predicted octanol–water partition coefficient (Wildman–Crippen LogP) is 4.41. The third kappa shape index (κ3) is 4.22. The fraction of sp³-hybridized carbons (Fsp3) is 0.318. The highest BCUT2D eigenvalue weighted by molar-refractivity contribution is 6.05. The van der Waals surface area contributed by atoms with Crippen molar-refractivity contribution in [2.24, 2.45) is 0 Å². The molecule has 0 radical (unpaired) electrons. The molecular formula is C22H25N3O3. The number of imidazole rings is 1. The molecule has 0 bridgehead atoms. The number of pyridine rings is 1. The van der Waals surface area contributed by atoms with Crippen LogP contribution >= 0.6 is 0 Å². The highest BCUT2D eigenvalue weighted by atomic mass is 16.5. The lowest BCUT2D eigenvalue weighted by Gasteiger charge is -2.09. The van der Waals surface area contributed by atoms with Crippen LogP contribution in [0, 0.1) is 6.92 Å². The van der Waals surface area contributed by atoms with Gasteiger partial charge in [-0.2, -0.15) is 0 Å². The van der Waals surface area contributed by atoms with Crippen LogP contribution in [-0.2, 0) is 11.2 Å². The SMILES string of the molecule is CCCCOC(=O)c1cccc(NC(=O)c2c(CC)nc3cc(C)ccn23)c1. The van der Waals surface area contributed by atoms with E-state index in [1.807, 2.05) is 39.1 Å². The Kier molecular flexibility index (Phi) is 6.09. The van der Waals surface area contributed by atoms with Gasteiger partial charge < -0.3 is 10.1 Å². The van der Waals surface area contributed by atoms with Crippen molar-refractivity contribution in [1.82, 2.24) is 9.38 Å². The molecule has 0 atom stereocenters. The van der Waals surface area contributed by atoms with Gasteiger partial charge in [0.25, 0.3) is 5.91 Å². The van der Waals surface area contributed by atoms with E-state index in [1.165, 1.54) is 0 Å². The smallest absolute Gasteiger partial charge is 0.338 e. The van der Waals surface area contributed by atoms with Gasteiger partial charge in [0.15, 0.2) is 0 Å². The number of anilines is 1. The summed E-state index contributed by atoms with van der Waals surface area (Å²) < 4.78 is 7.04. The van der Waals surface area contributed by atoms with Crippen LogP contribution in [0.4, 0.5) is 5.69 Å². The molecule has 3 aromatic rings. The van der Waals surface area contributed by atoms with Crippen molar-refractivity contribution in [2.45, 2.75) is 40.0 Å². The molecule has 0 saturated heterocycles. The Bertz CT molecular complexity index is 1010. The highest BCUT2D eigenvalue weighted by Crippen LogP contribution is 2.18. The summed E-state index contributed by atoms with van der Waals surface area (Å²) in [5.74, 6) is -0.645. The van der Waals surface area contributed by atoms with Gasteiger partial charge in [0, 0.05) is 11.9 Å². The number of nitrogens with one attached hydrogen (secondary N) is 1. The van der Waals surface area contributed by atoms with E-state index in [1.54, 1.807) is 28.7 Å². The molecule has 0 fully saturated rings. The van der Waals surface area contributed by atoms with Crippen LogP contribution in [0.3, 0.4) is 0 Å². The number of carbonyl (C=O) groups is 2. The summed E-state index contributed by atoms with van der Waals surface area (Å²) >= 11 is 0. The zero-order valence-corrected chi connectivity index (χ0v) is 16.5. The lowest BCUT2D eigenvalue weighted by Crippen LogP contribution is -2.17. The Morgan fingerprint density at radius 1 is 1.18 bits per heavy atom. The van der Waals surface area contributed by atoms with Crippen LogP contribution < -0.4 is 5.32 Å². The summed E-state index contributed by atoms with van der Waals surface area (Å²) in [6.45, 7) is 6.40. The van der Waals surface area contributed by atoms with Crippen molar-refractivity contribution in [3.8, 4) is 0 Å². The summed E-state index contributed by atoms with van der Waals surface area (Å²) in [6, 6.07) is 10.7. The number of fused-ring (bicyclic) bond motifs is 1. The van der Waals surface area contributed by atoms with Gasteiger partial charge in [0.1, 0.15) is 11.3 Å². The quantitative estimate of drug-likeness (QED) is 0.487. The van der Waals surface area contributed by atoms with Crippen LogP contribution in [0.15, 0.2) is 42.6 Å². The number of unbranched alkanes of at least 4 members (excludes halogenated alkanes) is 1. The molecule has 0 aliphatic carbocycles. The third-order valence-electron chi connectivity index (χ3n) is 4.49. The third-order valence-corrected chi connectivity index (χ3v) is 4.49. The molecule has 1 N–H and O–H groups in total. The molecular weight excluding hydrogens is 354 g/mol. The van der Waals surface area contributed by atoms with E-state index in [9.17, 15) is 9.59 Å². The normalized spacial score (nSPS) is 10.8. The molecule has 0 spiro atoms. The van der Waals surface area contributed by atoms with E-state index < -0.39 is 0 Å². The average Bonchev–Trinajstić information content (AvgIpc) is 3.06. The minimum atomic E-state index is -0.385. The first-order chi connectivity index (χ1) is 13.5. The Morgan fingerprint density at radius 2 is 2.00 bits per heavy atom. The number of hydrogen-bond acceptors (Lipinski definition) is 4. The Morgan fingerprint density at radius 3 is 2.75 bits per heavy atom. The monoisotopic (exact) mass is 379 g/mol. The summed E-state index contributed by atoms with van der Waals surface area (Å²) in [4.78, 5) is 29.7. The first-order valence-electron chi connectivity index (χ1n) is 9.59. The maximum Gasteiger partial charge on any atom is 0.338 e. The molecule has 146 valence electrons. The van der Waals surface area contributed by atoms with Crippen molar-refractivity contribution in [3.05, 3.63) is 65.1 Å². The molecule has 3 rings (SSSR count). The lowest BCUT2D eigenvalue weighted by molar-refractivity contribution is 0.0499. The molecule has 6 nitrogen and oxygen atoms in total. The molecule has 0 saturated carbocycles. The van der Waals surface area contributed by atoms with E-state index in [0.29, 0.717) is 30.0 Å². The van der Waals surface area contributed by atoms with Crippen LogP contribution in [0.25, 0.3) is 5.65 Å². The topological polar surface area (TPSA) is 72.7 Å². The second-order valence-electron chi connectivity index (χ2n) is 6.72. The van der Waals surface area contributed by atoms with Gasteiger partial charge in [-0.3, -0.25) is 9.20 Å². The number of nitrogens with zero attached hydrogens (tertiary/aromatic N) is 2. The minimum absolute atomic E-state index is 0.260. The minimum Gasteiger partial charge on any atom is -0.462 e. The van der Waals surface area contributed by atoms with E-state index in [-0.39, 0.29) is 11.9 Å². The van der Waals surface area contributed by atoms with Gasteiger partial charge in [0.05, 0.1) is 17.9 Å². The largest absolute Gasteiger partial charge is 0.462 e. The maximum absolute atomic E-state index is 13.0. The van der Waals surface area contributed by atoms with E-state index >= 15 is 0 Å². The Balaban J connectivity index is 1.83. The number of aryl methyl sites for hydroxylation is 2. The Labute approximate surface area is 164 Å². The van der Waals surface area contributed by atoms with E-state index in [4.69, 9.17) is 4.74 Å². The van der Waals surface area contributed by atoms with Crippen molar-refractivity contribution in [2.75, 3.05) is 11.9 Å². The van der Waals surface area contributed by atoms with E-state index in [2.05, 4.69) is 10.3 Å². The van der Waals surface area contributed by atoms with Gasteiger partial charge in [-0.15, -0.1) is 0 Å². The standard InChI is InChI=1S/C22H25N3O3/c1-4-6-12-28-22(27)16-8-7-9-17(14-16)23-21(26)20-18(5-2)24-19-13-15(3)10-11-25(19)20/h7-11,13-14H,4-6,12H2,1-3H3,(H,23,26). The number of ether oxygens (including phenoxy) is 1. The fourth-order valence-electron chi connectivity index (χ4n) is 2.99. The van der Waals surface area contributed by atoms with Crippen LogP contribution in [0.5, 0.6) is 0 Å². The van der Waals surface area contributed by atoms with Crippen LogP contribution in [-0.4, -0.2) is 27.9 Å². The average molecular weight is 379 g/mol. The molecule has 0 aliphatic rings. The lowest BCUT2D eigenvalue weighted by atomic mass is 10.2. The highest BCUT2D eigenvalue weighted by Gasteiger charge is 2.19. The molecule has 0 aliphatic heterocycles. The number of esters is 1. The molecule has 2 aromatic heterocycles. The second kappa shape index (κ2) is 8.69. The first kappa shape index (κ1) is 19.6. The van der Waals surface area contributed by atoms with Crippen LogP contribution in [0.2, 0.25) is 0 Å². The summed E-state index contributed by atoms with van der Waals surface area (Å²) in [5, 5.41) is 2.88. The van der Waals surface area contributed by atoms with Crippen molar-refractivity contribution in [3.63, 3.8) is 0 Å². The van der Waals surface area contributed by atoms with Gasteiger partial charge in [-0.1, -0.05) is 26.3 Å². The Hall–Kier alpha value is -3.15. The van der Waals surface area contributed by atoms with Gasteiger partial charge in [-0.25, -0.2) is 9.78 Å². The summed E-state index contributed by atoms with van der Waals surface area (Å²) in [7, 11) is 0. The number of hydrogen-bond donors (Lipinski definition) is 1. The number of benzene rings is 1. The van der Waals surface area contributed by atoms with Crippen molar-refractivity contribution >= 4 is 23.2 Å². The first-order valence-corrected chi connectivity index (χ1v) is 9.59. The summed E-state index contributed by atoms with van der Waals surface area (Å²) in [6.07, 6.45) is 4.29. The molecule has 0 unspecified atom stereocenters. The van der Waals surface area contributed by atoms with Gasteiger partial charge in [-0.05, 0) is 55.7 Å². The zero-order chi connectivity index (χ0) is 20.1. The molecule has 1 aromatic carbocycles. The molecule has 6 heteroatoms. The second-order valence-corrected chi connectivity index (χ2v) is 6.72. The van der Waals surface area contributed by atoms with Gasteiger partial charge >= 0.3 is 5.97 Å². The number of rotatable bonds is 7. The molecule has 28 heavy (non-hydrogen) atoms. The number of amides is 1. The maximum atomic E-state index is 13.0. The fourth-order valence-corrected chi connectivity index (χ4v) is 2.99. The zero-order valence-electron chi connectivity index (χ0n) is 16.5. The summed E-state index contributed by atoms with van der Waals surface area (Å²) in [5.41, 5.74) is 4.03. The van der Waals surface area contributed by atoms with Gasteiger partial charge in [0.2, 0.25) is 0 Å². The number of carbonyl (C=O) groups excluding carboxylic acids is 2. The molecule has 1 amide bonds. The van der Waals surface area contributed by atoms with Crippen LogP contribution in [0.1, 0.15) is 58.8 Å². The van der Waals surface area contributed by atoms with Crippen molar-refractivity contribution < 1.29 is 14.3 Å². The molecule has 2 heterocycles. The predicted molar refractivity (Wildman–Crippen MR) is 109 cm³/mol.